The first-order chi connectivity index (χ1) is 14.7. The highest BCUT2D eigenvalue weighted by atomic mass is 32.2. The molecular formula is C22H22N6OS. The van der Waals surface area contributed by atoms with Gasteiger partial charge in [0.1, 0.15) is 5.75 Å². The second kappa shape index (κ2) is 7.97. The molecule has 8 heteroatoms. The van der Waals surface area contributed by atoms with Gasteiger partial charge in [0.05, 0.1) is 10.6 Å². The topological polar surface area (TPSA) is 70.3 Å². The van der Waals surface area contributed by atoms with Crippen LogP contribution in [-0.4, -0.2) is 63.4 Å². The van der Waals surface area contributed by atoms with Crippen molar-refractivity contribution in [2.75, 3.05) is 38.1 Å². The van der Waals surface area contributed by atoms with E-state index in [4.69, 9.17) is 0 Å². The number of rotatable bonds is 4. The number of likely N-dealkylation sites (N-methyl/N-ethyl adjacent to an activating group) is 1. The van der Waals surface area contributed by atoms with Gasteiger partial charge < -0.3 is 14.9 Å². The number of aromatic nitrogens is 4. The van der Waals surface area contributed by atoms with E-state index in [2.05, 4.69) is 38.4 Å². The van der Waals surface area contributed by atoms with Gasteiger partial charge in [0.15, 0.2) is 0 Å². The van der Waals surface area contributed by atoms with E-state index in [9.17, 15) is 5.11 Å². The van der Waals surface area contributed by atoms with E-state index in [0.29, 0.717) is 5.16 Å². The van der Waals surface area contributed by atoms with E-state index in [1.807, 2.05) is 54.6 Å². The highest BCUT2D eigenvalue weighted by Gasteiger charge is 2.21. The third kappa shape index (κ3) is 3.48. The first-order valence-electron chi connectivity index (χ1n) is 9.90. The van der Waals surface area contributed by atoms with Gasteiger partial charge in [0.25, 0.3) is 0 Å². The van der Waals surface area contributed by atoms with Crippen molar-refractivity contribution >= 4 is 28.2 Å². The number of hydrogen-bond donors (Lipinski definition) is 1. The van der Waals surface area contributed by atoms with Crippen LogP contribution in [0.3, 0.4) is 0 Å². The van der Waals surface area contributed by atoms with Crippen molar-refractivity contribution in [1.82, 2.24) is 25.1 Å². The second-order valence-electron chi connectivity index (χ2n) is 7.39. The van der Waals surface area contributed by atoms with E-state index in [1.54, 1.807) is 4.68 Å². The Morgan fingerprint density at radius 3 is 2.37 bits per heavy atom. The molecule has 0 spiro atoms. The summed E-state index contributed by atoms with van der Waals surface area (Å²) >= 11 is 1.38. The van der Waals surface area contributed by atoms with Crippen LogP contribution in [0.5, 0.6) is 5.75 Å². The van der Waals surface area contributed by atoms with Crippen LogP contribution in [0, 0.1) is 0 Å². The van der Waals surface area contributed by atoms with Crippen LogP contribution in [0.4, 0.5) is 5.69 Å². The number of hydrogen-bond acceptors (Lipinski definition) is 7. The van der Waals surface area contributed by atoms with Crippen LogP contribution in [0.15, 0.2) is 70.7 Å². The Balaban J connectivity index is 1.56. The Kier molecular flexibility index (Phi) is 5.02. The fourth-order valence-electron chi connectivity index (χ4n) is 3.80. The maximum absolute atomic E-state index is 11.0. The molecule has 1 aliphatic heterocycles. The zero-order valence-corrected chi connectivity index (χ0v) is 17.5. The molecule has 2 heterocycles. The quantitative estimate of drug-likeness (QED) is 0.544. The maximum atomic E-state index is 11.0. The summed E-state index contributed by atoms with van der Waals surface area (Å²) in [4.78, 5) is 5.44. The summed E-state index contributed by atoms with van der Waals surface area (Å²) in [6.45, 7) is 3.91. The molecule has 1 N–H and O–H groups in total. The van der Waals surface area contributed by atoms with Gasteiger partial charge in [-0.1, -0.05) is 42.5 Å². The Hall–Kier alpha value is -3.10. The summed E-state index contributed by atoms with van der Waals surface area (Å²) in [5.41, 5.74) is 1.95. The summed E-state index contributed by atoms with van der Waals surface area (Å²) in [5.74, 6) is 0.246. The number of piperazine rings is 1. The second-order valence-corrected chi connectivity index (χ2v) is 8.37. The molecule has 0 unspecified atom stereocenters. The van der Waals surface area contributed by atoms with Crippen molar-refractivity contribution in [3.8, 4) is 11.4 Å². The van der Waals surface area contributed by atoms with Crippen LogP contribution in [0.25, 0.3) is 16.5 Å². The van der Waals surface area contributed by atoms with Crippen molar-refractivity contribution in [2.24, 2.45) is 0 Å². The molecule has 1 saturated heterocycles. The predicted molar refractivity (Wildman–Crippen MR) is 119 cm³/mol. The number of benzene rings is 3. The van der Waals surface area contributed by atoms with Crippen LogP contribution < -0.4 is 4.90 Å². The number of para-hydroxylation sites is 1. The number of tetrazole rings is 1. The Morgan fingerprint density at radius 1 is 0.900 bits per heavy atom. The predicted octanol–water partition coefficient (Wildman–Crippen LogP) is 3.42. The van der Waals surface area contributed by atoms with Crippen molar-refractivity contribution in [3.63, 3.8) is 0 Å². The lowest BCUT2D eigenvalue weighted by molar-refractivity contribution is 0.313. The van der Waals surface area contributed by atoms with Crippen molar-refractivity contribution in [3.05, 3.63) is 60.7 Å². The number of aromatic hydroxyl groups is 1. The highest BCUT2D eigenvalue weighted by Crippen LogP contribution is 2.43. The molecule has 3 aromatic carbocycles. The first kappa shape index (κ1) is 18.9. The van der Waals surface area contributed by atoms with E-state index in [1.165, 1.54) is 11.8 Å². The number of anilines is 1. The standard InChI is InChI=1S/C22H22N6OS/c1-26-11-13-27(14-12-26)19-15-20(29)21(18-10-6-5-9-17(18)19)30-22-23-24-25-28(22)16-7-3-2-4-8-16/h2-10,15,29H,11-14H2,1H3. The molecule has 0 saturated carbocycles. The zero-order chi connectivity index (χ0) is 20.5. The molecule has 152 valence electrons. The molecule has 0 bridgehead atoms. The summed E-state index contributed by atoms with van der Waals surface area (Å²) in [7, 11) is 2.14. The van der Waals surface area contributed by atoms with Gasteiger partial charge in [-0.05, 0) is 41.4 Å². The molecule has 1 aliphatic rings. The van der Waals surface area contributed by atoms with Gasteiger partial charge in [-0.3, -0.25) is 0 Å². The summed E-state index contributed by atoms with van der Waals surface area (Å²) < 4.78 is 1.69. The molecule has 0 amide bonds. The maximum Gasteiger partial charge on any atom is 0.219 e. The third-order valence-electron chi connectivity index (χ3n) is 5.43. The molecule has 0 aliphatic carbocycles. The van der Waals surface area contributed by atoms with E-state index in [-0.39, 0.29) is 5.75 Å². The average molecular weight is 419 g/mol. The van der Waals surface area contributed by atoms with Crippen LogP contribution in [-0.2, 0) is 0 Å². The Morgan fingerprint density at radius 2 is 1.60 bits per heavy atom. The molecule has 5 rings (SSSR count). The Labute approximate surface area is 178 Å². The molecule has 1 aromatic heterocycles. The Bertz CT molecular complexity index is 1170. The normalized spacial score (nSPS) is 15.0. The van der Waals surface area contributed by atoms with Crippen molar-refractivity contribution < 1.29 is 5.11 Å². The minimum Gasteiger partial charge on any atom is -0.507 e. The lowest BCUT2D eigenvalue weighted by Crippen LogP contribution is -2.44. The lowest BCUT2D eigenvalue weighted by atomic mass is 10.1. The monoisotopic (exact) mass is 418 g/mol. The van der Waals surface area contributed by atoms with E-state index in [0.717, 1.165) is 53.2 Å². The van der Waals surface area contributed by atoms with Gasteiger partial charge in [0, 0.05) is 48.7 Å². The minimum absolute atomic E-state index is 0.246. The van der Waals surface area contributed by atoms with Gasteiger partial charge in [0.2, 0.25) is 5.16 Å². The molecule has 4 aromatic rings. The van der Waals surface area contributed by atoms with Gasteiger partial charge in [-0.15, -0.1) is 5.10 Å². The third-order valence-corrected chi connectivity index (χ3v) is 6.50. The molecule has 0 radical (unpaired) electrons. The fraction of sp³-hybridized carbons (Fsp3) is 0.227. The molecule has 30 heavy (non-hydrogen) atoms. The largest absolute Gasteiger partial charge is 0.507 e. The van der Waals surface area contributed by atoms with Gasteiger partial charge >= 0.3 is 0 Å². The minimum atomic E-state index is 0.246. The molecule has 7 nitrogen and oxygen atoms in total. The van der Waals surface area contributed by atoms with E-state index < -0.39 is 0 Å². The van der Waals surface area contributed by atoms with Crippen LogP contribution in [0.1, 0.15) is 0 Å². The molecular weight excluding hydrogens is 396 g/mol. The summed E-state index contributed by atoms with van der Waals surface area (Å²) in [5, 5.41) is 25.9. The highest BCUT2D eigenvalue weighted by molar-refractivity contribution is 7.99. The SMILES string of the molecule is CN1CCN(c2cc(O)c(Sc3nnnn3-c3ccccc3)c3ccccc23)CC1. The van der Waals surface area contributed by atoms with Gasteiger partial charge in [-0.25, -0.2) is 0 Å². The smallest absolute Gasteiger partial charge is 0.219 e. The summed E-state index contributed by atoms with van der Waals surface area (Å²) in [6, 6.07) is 19.8. The van der Waals surface area contributed by atoms with Crippen molar-refractivity contribution in [2.45, 2.75) is 10.1 Å². The zero-order valence-electron chi connectivity index (χ0n) is 16.6. The number of phenolic OH excluding ortho intramolecular Hbond substituents is 1. The van der Waals surface area contributed by atoms with Crippen LogP contribution in [0.2, 0.25) is 0 Å². The van der Waals surface area contributed by atoms with Crippen molar-refractivity contribution in [1.29, 1.82) is 0 Å². The first-order valence-corrected chi connectivity index (χ1v) is 10.7. The molecule has 1 fully saturated rings. The number of phenols is 1. The number of nitrogens with zero attached hydrogens (tertiary/aromatic N) is 6. The number of fused-ring (bicyclic) bond motifs is 1. The van der Waals surface area contributed by atoms with Crippen LogP contribution >= 0.6 is 11.8 Å². The average Bonchev–Trinajstić information content (AvgIpc) is 3.25. The van der Waals surface area contributed by atoms with E-state index >= 15 is 0 Å². The lowest BCUT2D eigenvalue weighted by Gasteiger charge is -2.35. The summed E-state index contributed by atoms with van der Waals surface area (Å²) in [6.07, 6.45) is 0. The van der Waals surface area contributed by atoms with Gasteiger partial charge in [-0.2, -0.15) is 4.68 Å². The fourth-order valence-corrected chi connectivity index (χ4v) is 4.74. The molecule has 0 atom stereocenters.